The molecule has 47 heavy (non-hydrogen) atoms. The number of carbonyl (C=O) groups excluding carboxylic acids is 2. The molecular formula is C32H29F4N7O4. The van der Waals surface area contributed by atoms with Crippen molar-refractivity contribution in [3.8, 4) is 17.1 Å². The Kier molecular flexibility index (Phi) is 9.54. The van der Waals surface area contributed by atoms with Crippen molar-refractivity contribution in [3.05, 3.63) is 94.9 Å². The standard InChI is InChI=1S/C32H29F4N7O4/c1-37-30(44)26-25-28(38-16-19-11-7-8-12-23(19)43(2)31(45)47-17-18-9-5-4-6-10-18)39-27(40-29(25)42-41-26)21-14-22(33)24(46-3)13-20(21)15-32(34,35)36/h4-14H,15-17H2,1-3H3,(H,37,44)(H2,38,39,40,41,42). The van der Waals surface area contributed by atoms with Crippen molar-refractivity contribution in [2.45, 2.75) is 25.7 Å². The summed E-state index contributed by atoms with van der Waals surface area (Å²) in [6.07, 6.45) is -6.66. The lowest BCUT2D eigenvalue weighted by Gasteiger charge is -2.21. The van der Waals surface area contributed by atoms with Gasteiger partial charge in [0.2, 0.25) is 0 Å². The van der Waals surface area contributed by atoms with Gasteiger partial charge in [0.25, 0.3) is 5.91 Å². The summed E-state index contributed by atoms with van der Waals surface area (Å²) >= 11 is 0. The number of hydrogen-bond donors (Lipinski definition) is 3. The van der Waals surface area contributed by atoms with Crippen LogP contribution in [-0.2, 0) is 24.3 Å². The lowest BCUT2D eigenvalue weighted by molar-refractivity contribution is -0.127. The molecule has 5 rings (SSSR count). The summed E-state index contributed by atoms with van der Waals surface area (Å²) in [7, 11) is 4.10. The van der Waals surface area contributed by atoms with Crippen molar-refractivity contribution in [3.63, 3.8) is 0 Å². The van der Waals surface area contributed by atoms with E-state index in [1.54, 1.807) is 31.3 Å². The number of amides is 2. The summed E-state index contributed by atoms with van der Waals surface area (Å²) in [4.78, 5) is 35.7. The third-order valence-electron chi connectivity index (χ3n) is 7.16. The van der Waals surface area contributed by atoms with E-state index >= 15 is 0 Å². The van der Waals surface area contributed by atoms with Crippen LogP contribution in [0.25, 0.3) is 22.4 Å². The smallest absolute Gasteiger partial charge is 0.414 e. The predicted octanol–water partition coefficient (Wildman–Crippen LogP) is 6.02. The zero-order valence-electron chi connectivity index (χ0n) is 25.4. The molecule has 5 aromatic rings. The Hall–Kier alpha value is -5.73. The van der Waals surface area contributed by atoms with Gasteiger partial charge in [0.15, 0.2) is 23.0 Å². The van der Waals surface area contributed by atoms with Crippen LogP contribution in [0.5, 0.6) is 5.75 Å². The van der Waals surface area contributed by atoms with Gasteiger partial charge < -0.3 is 20.1 Å². The molecule has 0 saturated heterocycles. The number of para-hydroxylation sites is 1. The van der Waals surface area contributed by atoms with Gasteiger partial charge in [-0.15, -0.1) is 0 Å². The summed E-state index contributed by atoms with van der Waals surface area (Å²) in [5, 5.41) is 12.4. The molecule has 2 amide bonds. The van der Waals surface area contributed by atoms with Crippen LogP contribution in [-0.4, -0.2) is 59.5 Å². The van der Waals surface area contributed by atoms with Gasteiger partial charge in [-0.2, -0.15) is 18.3 Å². The molecule has 0 spiro atoms. The number of carbonyl (C=O) groups is 2. The summed E-state index contributed by atoms with van der Waals surface area (Å²) in [6.45, 7) is 0.0972. The molecule has 0 bridgehead atoms. The Bertz CT molecular complexity index is 1920. The molecular weight excluding hydrogens is 622 g/mol. The number of anilines is 2. The second kappa shape index (κ2) is 13.7. The molecule has 2 heterocycles. The quantitative estimate of drug-likeness (QED) is 0.156. The van der Waals surface area contributed by atoms with Crippen LogP contribution in [0.15, 0.2) is 66.7 Å². The van der Waals surface area contributed by atoms with Crippen LogP contribution in [0.2, 0.25) is 0 Å². The molecule has 2 aromatic heterocycles. The molecule has 11 nitrogen and oxygen atoms in total. The van der Waals surface area contributed by atoms with Crippen LogP contribution in [0.4, 0.5) is 33.9 Å². The minimum absolute atomic E-state index is 0.0112. The average molecular weight is 652 g/mol. The number of aromatic amines is 1. The monoisotopic (exact) mass is 651 g/mol. The minimum atomic E-state index is -4.64. The van der Waals surface area contributed by atoms with E-state index in [1.165, 1.54) is 11.9 Å². The lowest BCUT2D eigenvalue weighted by atomic mass is 10.0. The number of aromatic nitrogens is 4. The zero-order valence-corrected chi connectivity index (χ0v) is 25.4. The molecule has 0 unspecified atom stereocenters. The number of nitrogens with one attached hydrogen (secondary N) is 3. The van der Waals surface area contributed by atoms with Crippen LogP contribution >= 0.6 is 0 Å². The SMILES string of the molecule is CNC(=O)c1[nH]nc2nc(-c3cc(F)c(OC)cc3CC(F)(F)F)nc(NCc3ccccc3N(C)C(=O)OCc3ccccc3)c12. The van der Waals surface area contributed by atoms with E-state index in [2.05, 4.69) is 30.8 Å². The normalized spacial score (nSPS) is 11.3. The number of nitrogens with zero attached hydrogens (tertiary/aromatic N) is 4. The van der Waals surface area contributed by atoms with Crippen molar-refractivity contribution in [2.75, 3.05) is 31.4 Å². The number of ether oxygens (including phenoxy) is 2. The predicted molar refractivity (Wildman–Crippen MR) is 166 cm³/mol. The maximum Gasteiger partial charge on any atom is 0.414 e. The van der Waals surface area contributed by atoms with Gasteiger partial charge >= 0.3 is 12.3 Å². The molecule has 0 saturated carbocycles. The van der Waals surface area contributed by atoms with E-state index in [-0.39, 0.29) is 58.4 Å². The van der Waals surface area contributed by atoms with Gasteiger partial charge in [0.05, 0.1) is 24.6 Å². The molecule has 0 fully saturated rings. The van der Waals surface area contributed by atoms with Gasteiger partial charge in [0, 0.05) is 26.2 Å². The van der Waals surface area contributed by atoms with Crippen LogP contribution in [0.1, 0.15) is 27.2 Å². The van der Waals surface area contributed by atoms with Crippen molar-refractivity contribution in [1.29, 1.82) is 0 Å². The number of H-pyrrole nitrogens is 1. The first-order valence-corrected chi connectivity index (χ1v) is 14.2. The lowest BCUT2D eigenvalue weighted by Crippen LogP contribution is -2.28. The number of benzene rings is 3. The van der Waals surface area contributed by atoms with Crippen molar-refractivity contribution in [1.82, 2.24) is 25.5 Å². The molecule has 0 aliphatic rings. The van der Waals surface area contributed by atoms with Crippen LogP contribution in [0.3, 0.4) is 0 Å². The highest BCUT2D eigenvalue weighted by Crippen LogP contribution is 2.35. The number of rotatable bonds is 10. The van der Waals surface area contributed by atoms with E-state index in [9.17, 15) is 27.2 Å². The minimum Gasteiger partial charge on any atom is -0.494 e. The third-order valence-corrected chi connectivity index (χ3v) is 7.16. The number of halogens is 4. The summed E-state index contributed by atoms with van der Waals surface area (Å²) < 4.78 is 65.9. The fourth-order valence-electron chi connectivity index (χ4n) is 4.87. The van der Waals surface area contributed by atoms with E-state index < -0.39 is 30.4 Å². The van der Waals surface area contributed by atoms with Crippen LogP contribution < -0.4 is 20.3 Å². The Balaban J connectivity index is 1.52. The molecule has 244 valence electrons. The van der Waals surface area contributed by atoms with E-state index in [4.69, 9.17) is 9.47 Å². The summed E-state index contributed by atoms with van der Waals surface area (Å²) in [5.74, 6) is -2.10. The van der Waals surface area contributed by atoms with Crippen molar-refractivity contribution >= 4 is 34.5 Å². The van der Waals surface area contributed by atoms with E-state index in [1.807, 2.05) is 30.3 Å². The maximum absolute atomic E-state index is 14.8. The molecule has 0 radical (unpaired) electrons. The highest BCUT2D eigenvalue weighted by Gasteiger charge is 2.31. The molecule has 3 aromatic carbocycles. The second-order valence-corrected chi connectivity index (χ2v) is 10.3. The Labute approximate surface area is 265 Å². The van der Waals surface area contributed by atoms with Gasteiger partial charge in [-0.05, 0) is 34.9 Å². The number of hydrogen-bond acceptors (Lipinski definition) is 8. The Morgan fingerprint density at radius 3 is 2.43 bits per heavy atom. The molecule has 0 atom stereocenters. The van der Waals surface area contributed by atoms with Crippen molar-refractivity contribution in [2.24, 2.45) is 0 Å². The second-order valence-electron chi connectivity index (χ2n) is 10.3. The molecule has 15 heteroatoms. The molecule has 0 aliphatic carbocycles. The van der Waals surface area contributed by atoms with E-state index in [0.29, 0.717) is 11.3 Å². The Morgan fingerprint density at radius 1 is 1.00 bits per heavy atom. The van der Waals surface area contributed by atoms with Gasteiger partial charge in [-0.3, -0.25) is 14.8 Å². The number of alkyl halides is 3. The number of fused-ring (bicyclic) bond motifs is 1. The fourth-order valence-corrected chi connectivity index (χ4v) is 4.87. The zero-order chi connectivity index (χ0) is 33.7. The van der Waals surface area contributed by atoms with Gasteiger partial charge in [-0.25, -0.2) is 19.2 Å². The highest BCUT2D eigenvalue weighted by atomic mass is 19.4. The summed E-state index contributed by atoms with van der Waals surface area (Å²) in [6, 6.07) is 17.9. The Morgan fingerprint density at radius 2 is 1.72 bits per heavy atom. The van der Waals surface area contributed by atoms with Gasteiger partial charge in [0.1, 0.15) is 18.1 Å². The third kappa shape index (κ3) is 7.40. The first kappa shape index (κ1) is 32.7. The van der Waals surface area contributed by atoms with E-state index in [0.717, 1.165) is 24.8 Å². The summed E-state index contributed by atoms with van der Waals surface area (Å²) in [5.41, 5.74) is 1.28. The molecule has 0 aliphatic heterocycles. The fraction of sp³-hybridized carbons (Fsp3) is 0.219. The van der Waals surface area contributed by atoms with Crippen LogP contribution in [0, 0.1) is 5.82 Å². The molecule has 3 N–H and O–H groups in total. The topological polar surface area (TPSA) is 134 Å². The first-order valence-electron chi connectivity index (χ1n) is 14.2. The van der Waals surface area contributed by atoms with Gasteiger partial charge in [-0.1, -0.05) is 48.5 Å². The number of methoxy groups -OCH3 is 1. The van der Waals surface area contributed by atoms with Crippen molar-refractivity contribution < 1.29 is 36.6 Å². The highest BCUT2D eigenvalue weighted by molar-refractivity contribution is 6.08. The first-order chi connectivity index (χ1) is 22.5. The maximum atomic E-state index is 14.8. The largest absolute Gasteiger partial charge is 0.494 e. The average Bonchev–Trinajstić information content (AvgIpc) is 3.50.